The molecule has 1 heterocycles. The zero-order valence-corrected chi connectivity index (χ0v) is 11.8. The van der Waals surface area contributed by atoms with Crippen molar-refractivity contribution in [1.82, 2.24) is 9.78 Å². The Kier molecular flexibility index (Phi) is 4.62. The van der Waals surface area contributed by atoms with Crippen LogP contribution in [0.2, 0.25) is 0 Å². The lowest BCUT2D eigenvalue weighted by molar-refractivity contribution is 0.153. The summed E-state index contributed by atoms with van der Waals surface area (Å²) in [5, 5.41) is 4.69. The number of hydrogen-bond donors (Lipinski definition) is 0. The van der Waals surface area contributed by atoms with Gasteiger partial charge in [-0.3, -0.25) is 4.68 Å². The van der Waals surface area contributed by atoms with E-state index in [1.165, 1.54) is 6.07 Å². The van der Waals surface area contributed by atoms with Gasteiger partial charge in [0.2, 0.25) is 0 Å². The predicted octanol–water partition coefficient (Wildman–Crippen LogP) is 4.61. The number of halogens is 3. The fourth-order valence-corrected chi connectivity index (χ4v) is 2.23. The summed E-state index contributed by atoms with van der Waals surface area (Å²) in [6.45, 7) is 5.74. The monoisotopic (exact) mass is 304 g/mol. The molecule has 2 nitrogen and oxygen atoms in total. The molecule has 0 N–H and O–H groups in total. The summed E-state index contributed by atoms with van der Waals surface area (Å²) in [7, 11) is 1.75. The third-order valence-corrected chi connectivity index (χ3v) is 2.82. The highest BCUT2D eigenvalue weighted by Gasteiger charge is 2.17. The predicted molar refractivity (Wildman–Crippen MR) is 69.5 cm³/mol. The van der Waals surface area contributed by atoms with Gasteiger partial charge in [-0.15, -0.1) is 0 Å². The van der Waals surface area contributed by atoms with Crippen LogP contribution in [0.15, 0.2) is 16.6 Å². The van der Waals surface area contributed by atoms with E-state index in [1.807, 2.05) is 13.8 Å². The van der Waals surface area contributed by atoms with Crippen molar-refractivity contribution in [2.45, 2.75) is 27.2 Å². The first-order valence-electron chi connectivity index (χ1n) is 5.41. The maximum absolute atomic E-state index is 12.8. The Hall–Kier alpha value is -0.970. The fourth-order valence-electron chi connectivity index (χ4n) is 1.76. The van der Waals surface area contributed by atoms with E-state index in [9.17, 15) is 8.78 Å². The highest BCUT2D eigenvalue weighted by molar-refractivity contribution is 9.10. The summed E-state index contributed by atoms with van der Waals surface area (Å²) in [6, 6.07) is 3.24. The molecule has 94 valence electrons. The van der Waals surface area contributed by atoms with E-state index in [-0.39, 0.29) is 5.56 Å². The van der Waals surface area contributed by atoms with Gasteiger partial charge >= 0.3 is 0 Å². The SMILES string of the molecule is CC.Cc1nn(C)c2cc(Br)cc(C(F)F)c12. The molecule has 0 aliphatic carbocycles. The second kappa shape index (κ2) is 5.58. The number of nitrogens with zero attached hydrogens (tertiary/aromatic N) is 2. The van der Waals surface area contributed by atoms with Crippen LogP contribution in [0.25, 0.3) is 10.9 Å². The maximum atomic E-state index is 12.8. The van der Waals surface area contributed by atoms with Crippen LogP contribution in [0.3, 0.4) is 0 Å². The lowest BCUT2D eigenvalue weighted by Gasteiger charge is -2.04. The third kappa shape index (κ3) is 2.65. The first-order chi connectivity index (χ1) is 8.00. The molecule has 0 amide bonds. The smallest absolute Gasteiger partial charge is 0.264 e. The van der Waals surface area contributed by atoms with Gasteiger partial charge in [0.05, 0.1) is 11.2 Å². The molecule has 1 aromatic carbocycles. The van der Waals surface area contributed by atoms with E-state index < -0.39 is 6.43 Å². The van der Waals surface area contributed by atoms with Crippen LogP contribution in [0.5, 0.6) is 0 Å². The van der Waals surface area contributed by atoms with Gasteiger partial charge < -0.3 is 0 Å². The molecular formula is C12H15BrF2N2. The summed E-state index contributed by atoms with van der Waals surface area (Å²) < 4.78 is 27.9. The number of rotatable bonds is 1. The average molecular weight is 305 g/mol. The highest BCUT2D eigenvalue weighted by atomic mass is 79.9. The van der Waals surface area contributed by atoms with Crippen molar-refractivity contribution in [3.05, 3.63) is 27.9 Å². The topological polar surface area (TPSA) is 17.8 Å². The number of hydrogen-bond acceptors (Lipinski definition) is 1. The summed E-state index contributed by atoms with van der Waals surface area (Å²) in [5.41, 5.74) is 1.39. The molecule has 0 aliphatic rings. The molecule has 0 saturated carbocycles. The number of alkyl halides is 2. The molecule has 2 aromatic rings. The average Bonchev–Trinajstić information content (AvgIpc) is 2.56. The minimum atomic E-state index is -2.48. The summed E-state index contributed by atoms with van der Waals surface area (Å²) in [5.74, 6) is 0. The lowest BCUT2D eigenvalue weighted by Crippen LogP contribution is -1.90. The van der Waals surface area contributed by atoms with Crippen LogP contribution in [0, 0.1) is 6.92 Å². The van der Waals surface area contributed by atoms with Crippen molar-refractivity contribution in [2.75, 3.05) is 0 Å². The van der Waals surface area contributed by atoms with Crippen LogP contribution in [-0.4, -0.2) is 9.78 Å². The van der Waals surface area contributed by atoms with Gasteiger partial charge in [0.25, 0.3) is 6.43 Å². The molecule has 0 atom stereocenters. The van der Waals surface area contributed by atoms with E-state index in [1.54, 1.807) is 24.7 Å². The van der Waals surface area contributed by atoms with Crippen LogP contribution >= 0.6 is 15.9 Å². The van der Waals surface area contributed by atoms with E-state index in [0.29, 0.717) is 15.6 Å². The third-order valence-electron chi connectivity index (χ3n) is 2.36. The molecule has 2 rings (SSSR count). The summed E-state index contributed by atoms with van der Waals surface area (Å²) in [6.07, 6.45) is -2.48. The summed E-state index contributed by atoms with van der Waals surface area (Å²) >= 11 is 3.22. The number of benzene rings is 1. The Morgan fingerprint density at radius 2 is 1.88 bits per heavy atom. The minimum absolute atomic E-state index is 0.0324. The molecule has 0 fully saturated rings. The molecule has 0 spiro atoms. The highest BCUT2D eigenvalue weighted by Crippen LogP contribution is 2.32. The van der Waals surface area contributed by atoms with E-state index >= 15 is 0 Å². The van der Waals surface area contributed by atoms with Gasteiger partial charge in [-0.25, -0.2) is 8.78 Å². The van der Waals surface area contributed by atoms with Crippen LogP contribution in [-0.2, 0) is 7.05 Å². The Bertz CT molecular complexity index is 521. The molecule has 1 aromatic heterocycles. The Labute approximate surface area is 108 Å². The van der Waals surface area contributed by atoms with Crippen molar-refractivity contribution in [3.63, 3.8) is 0 Å². The van der Waals surface area contributed by atoms with E-state index in [2.05, 4.69) is 21.0 Å². The van der Waals surface area contributed by atoms with Crippen molar-refractivity contribution in [1.29, 1.82) is 0 Å². The van der Waals surface area contributed by atoms with Crippen molar-refractivity contribution >= 4 is 26.8 Å². The molecule has 17 heavy (non-hydrogen) atoms. The second-order valence-electron chi connectivity index (χ2n) is 3.40. The van der Waals surface area contributed by atoms with E-state index in [4.69, 9.17) is 0 Å². The summed E-state index contributed by atoms with van der Waals surface area (Å²) in [4.78, 5) is 0. The van der Waals surface area contributed by atoms with Crippen molar-refractivity contribution < 1.29 is 8.78 Å². The van der Waals surface area contributed by atoms with Crippen LogP contribution in [0.1, 0.15) is 31.5 Å². The van der Waals surface area contributed by atoms with Crippen molar-refractivity contribution in [2.24, 2.45) is 7.05 Å². The van der Waals surface area contributed by atoms with Crippen molar-refractivity contribution in [3.8, 4) is 0 Å². The zero-order chi connectivity index (χ0) is 13.2. The maximum Gasteiger partial charge on any atom is 0.264 e. The first kappa shape index (κ1) is 14.1. The number of fused-ring (bicyclic) bond motifs is 1. The van der Waals surface area contributed by atoms with Gasteiger partial charge in [-0.2, -0.15) is 5.10 Å². The fraction of sp³-hybridized carbons (Fsp3) is 0.417. The number of aromatic nitrogens is 2. The van der Waals surface area contributed by atoms with Gasteiger partial charge in [-0.1, -0.05) is 29.8 Å². The quantitative estimate of drug-likeness (QED) is 0.752. The van der Waals surface area contributed by atoms with Gasteiger partial charge in [0, 0.05) is 22.5 Å². The van der Waals surface area contributed by atoms with Gasteiger partial charge in [0.1, 0.15) is 0 Å². The molecular weight excluding hydrogens is 290 g/mol. The Morgan fingerprint density at radius 1 is 1.29 bits per heavy atom. The molecule has 0 radical (unpaired) electrons. The van der Waals surface area contributed by atoms with Crippen LogP contribution < -0.4 is 0 Å². The lowest BCUT2D eigenvalue weighted by atomic mass is 10.1. The Balaban J connectivity index is 0.000000686. The normalized spacial score (nSPS) is 10.6. The number of aryl methyl sites for hydroxylation is 2. The van der Waals surface area contributed by atoms with Gasteiger partial charge in [0.15, 0.2) is 0 Å². The molecule has 0 saturated heterocycles. The molecule has 5 heteroatoms. The van der Waals surface area contributed by atoms with Gasteiger partial charge in [-0.05, 0) is 19.1 Å². The van der Waals surface area contributed by atoms with Crippen LogP contribution in [0.4, 0.5) is 8.78 Å². The Morgan fingerprint density at radius 3 is 2.41 bits per heavy atom. The molecule has 0 unspecified atom stereocenters. The molecule has 0 bridgehead atoms. The first-order valence-corrected chi connectivity index (χ1v) is 6.21. The standard InChI is InChI=1S/C10H9BrF2N2.C2H6/c1-5-9-7(10(12)13)3-6(11)4-8(9)15(2)14-5;1-2/h3-4,10H,1-2H3;1-2H3. The molecule has 0 aliphatic heterocycles. The van der Waals surface area contributed by atoms with E-state index in [0.717, 1.165) is 5.52 Å². The largest absolute Gasteiger partial charge is 0.268 e. The minimum Gasteiger partial charge on any atom is -0.268 e. The second-order valence-corrected chi connectivity index (χ2v) is 4.31. The zero-order valence-electron chi connectivity index (χ0n) is 10.3.